The fraction of sp³-hybridized carbons (Fsp3) is 0.143. The minimum atomic E-state index is -0.898. The summed E-state index contributed by atoms with van der Waals surface area (Å²) < 4.78 is 1.84. The van der Waals surface area contributed by atoms with E-state index in [0.29, 0.717) is 9.84 Å². The van der Waals surface area contributed by atoms with Crippen LogP contribution in [0, 0.1) is 13.8 Å². The normalized spacial score (nSPS) is 10.5. The van der Waals surface area contributed by atoms with Gasteiger partial charge in [0.25, 0.3) is 0 Å². The first-order valence-electron chi connectivity index (χ1n) is 5.85. The molecule has 0 atom stereocenters. The lowest BCUT2D eigenvalue weighted by molar-refractivity contribution is 0.0701. The molecule has 0 amide bonds. The lowest BCUT2D eigenvalue weighted by Gasteiger charge is -1.97. The van der Waals surface area contributed by atoms with Crippen LogP contribution in [0.1, 0.15) is 20.9 Å². The van der Waals surface area contributed by atoms with Crippen molar-refractivity contribution in [2.75, 3.05) is 0 Å². The summed E-state index contributed by atoms with van der Waals surface area (Å²) in [5.74, 6) is -0.898. The van der Waals surface area contributed by atoms with Crippen molar-refractivity contribution in [1.82, 2.24) is 9.38 Å². The summed E-state index contributed by atoms with van der Waals surface area (Å²) in [4.78, 5) is 16.6. The van der Waals surface area contributed by atoms with Gasteiger partial charge in [-0.05, 0) is 19.9 Å². The van der Waals surface area contributed by atoms with Crippen molar-refractivity contribution >= 4 is 34.7 Å². The number of rotatable bonds is 2. The maximum Gasteiger partial charge on any atom is 0.347 e. The summed E-state index contributed by atoms with van der Waals surface area (Å²) >= 11 is 1.20. The van der Waals surface area contributed by atoms with Gasteiger partial charge in [-0.25, -0.2) is 9.78 Å². The number of carboxylic acid groups (broad SMARTS) is 1. The smallest absolute Gasteiger partial charge is 0.347 e. The van der Waals surface area contributed by atoms with E-state index in [1.807, 2.05) is 35.7 Å². The van der Waals surface area contributed by atoms with Crippen LogP contribution >= 0.6 is 23.7 Å². The molecule has 2 aromatic heterocycles. The zero-order chi connectivity index (χ0) is 13.6. The molecule has 0 saturated heterocycles. The van der Waals surface area contributed by atoms with Gasteiger partial charge in [0, 0.05) is 17.5 Å². The molecule has 1 N–H and O–H groups in total. The Balaban J connectivity index is 0.00000147. The van der Waals surface area contributed by atoms with Gasteiger partial charge in [-0.2, -0.15) is 0 Å². The molecule has 2 heterocycles. The minimum absolute atomic E-state index is 0. The number of nitrogens with zero attached hydrogens (tertiary/aromatic N) is 2. The molecular formula is C14H13ClN2O2S. The van der Waals surface area contributed by atoms with Crippen LogP contribution in [0.4, 0.5) is 0 Å². The molecule has 0 aliphatic carbocycles. The van der Waals surface area contributed by atoms with Crippen LogP contribution in [0.3, 0.4) is 0 Å². The number of carbonyl (C=O) groups is 1. The standard InChI is InChI=1S/C14H12N2O2S.ClH/c1-8-4-3-5-10(6-8)11-7-16-9(2)12(13(17)18)19-14(16)15-11;/h3-7H,1-2H3,(H,17,18);1H. The van der Waals surface area contributed by atoms with E-state index in [1.165, 1.54) is 16.9 Å². The zero-order valence-electron chi connectivity index (χ0n) is 11.0. The van der Waals surface area contributed by atoms with Crippen molar-refractivity contribution in [3.05, 3.63) is 46.6 Å². The summed E-state index contributed by atoms with van der Waals surface area (Å²) in [5.41, 5.74) is 3.82. The number of aryl methyl sites for hydroxylation is 2. The monoisotopic (exact) mass is 308 g/mol. The van der Waals surface area contributed by atoms with Gasteiger partial charge in [0.05, 0.1) is 5.69 Å². The molecule has 1 aromatic carbocycles. The third-order valence-electron chi connectivity index (χ3n) is 3.06. The average molecular weight is 309 g/mol. The molecule has 0 aliphatic rings. The van der Waals surface area contributed by atoms with Gasteiger partial charge < -0.3 is 5.11 Å². The summed E-state index contributed by atoms with van der Waals surface area (Å²) in [6.45, 7) is 3.84. The molecule has 3 rings (SSSR count). The Bertz CT molecular complexity index is 792. The topological polar surface area (TPSA) is 54.6 Å². The Morgan fingerprint density at radius 2 is 2.10 bits per heavy atom. The molecule has 0 bridgehead atoms. The van der Waals surface area contributed by atoms with Crippen LogP contribution in [0.2, 0.25) is 0 Å². The maximum atomic E-state index is 11.1. The van der Waals surface area contributed by atoms with E-state index in [0.717, 1.165) is 17.0 Å². The molecule has 0 spiro atoms. The molecule has 3 aromatic rings. The molecule has 0 radical (unpaired) electrons. The summed E-state index contributed by atoms with van der Waals surface area (Å²) in [5, 5.41) is 9.08. The van der Waals surface area contributed by atoms with E-state index in [4.69, 9.17) is 5.11 Å². The van der Waals surface area contributed by atoms with Crippen LogP contribution < -0.4 is 0 Å². The molecule has 6 heteroatoms. The molecule has 0 aliphatic heterocycles. The first-order chi connectivity index (χ1) is 9.06. The number of benzene rings is 1. The maximum absolute atomic E-state index is 11.1. The molecular weight excluding hydrogens is 296 g/mol. The van der Waals surface area contributed by atoms with E-state index in [2.05, 4.69) is 11.1 Å². The number of aromatic carboxylic acids is 1. The first kappa shape index (κ1) is 14.6. The Morgan fingerprint density at radius 1 is 1.35 bits per heavy atom. The molecule has 0 saturated carbocycles. The average Bonchev–Trinajstić information content (AvgIpc) is 2.89. The summed E-state index contributed by atoms with van der Waals surface area (Å²) in [6, 6.07) is 8.11. The number of thiazole rings is 1. The van der Waals surface area contributed by atoms with E-state index in [-0.39, 0.29) is 12.4 Å². The van der Waals surface area contributed by atoms with Crippen LogP contribution in [0.25, 0.3) is 16.2 Å². The molecule has 4 nitrogen and oxygen atoms in total. The number of fused-ring (bicyclic) bond motifs is 1. The van der Waals surface area contributed by atoms with Gasteiger partial charge in [0.2, 0.25) is 0 Å². The van der Waals surface area contributed by atoms with Crippen LogP contribution in [0.5, 0.6) is 0 Å². The highest BCUT2D eigenvalue weighted by Crippen LogP contribution is 2.27. The van der Waals surface area contributed by atoms with Crippen molar-refractivity contribution in [1.29, 1.82) is 0 Å². The van der Waals surface area contributed by atoms with Gasteiger partial charge >= 0.3 is 5.97 Å². The van der Waals surface area contributed by atoms with Crippen molar-refractivity contribution in [2.45, 2.75) is 13.8 Å². The van der Waals surface area contributed by atoms with Gasteiger partial charge in [-0.1, -0.05) is 35.1 Å². The van der Waals surface area contributed by atoms with Gasteiger partial charge in [0.1, 0.15) is 4.88 Å². The lowest BCUT2D eigenvalue weighted by atomic mass is 10.1. The van der Waals surface area contributed by atoms with Gasteiger partial charge in [-0.3, -0.25) is 4.40 Å². The van der Waals surface area contributed by atoms with Gasteiger partial charge in [0.15, 0.2) is 4.96 Å². The van der Waals surface area contributed by atoms with Gasteiger partial charge in [-0.15, -0.1) is 12.4 Å². The van der Waals surface area contributed by atoms with Crippen molar-refractivity contribution < 1.29 is 9.90 Å². The van der Waals surface area contributed by atoms with Crippen molar-refractivity contribution in [2.24, 2.45) is 0 Å². The van der Waals surface area contributed by atoms with E-state index in [9.17, 15) is 4.79 Å². The lowest BCUT2D eigenvalue weighted by Crippen LogP contribution is -1.96. The highest BCUT2D eigenvalue weighted by atomic mass is 35.5. The molecule has 104 valence electrons. The third-order valence-corrected chi connectivity index (χ3v) is 4.21. The minimum Gasteiger partial charge on any atom is -0.477 e. The van der Waals surface area contributed by atoms with Crippen LogP contribution in [0.15, 0.2) is 30.5 Å². The predicted molar refractivity (Wildman–Crippen MR) is 82.2 cm³/mol. The predicted octanol–water partition coefficient (Wildman–Crippen LogP) is 3.80. The zero-order valence-corrected chi connectivity index (χ0v) is 12.6. The fourth-order valence-electron chi connectivity index (χ4n) is 2.09. The number of imidazole rings is 1. The summed E-state index contributed by atoms with van der Waals surface area (Å²) in [7, 11) is 0. The Kier molecular flexibility index (Phi) is 3.83. The largest absolute Gasteiger partial charge is 0.477 e. The molecule has 0 fully saturated rings. The molecule has 20 heavy (non-hydrogen) atoms. The van der Waals surface area contributed by atoms with Crippen LogP contribution in [-0.4, -0.2) is 20.5 Å². The first-order valence-corrected chi connectivity index (χ1v) is 6.67. The number of aromatic nitrogens is 2. The second-order valence-electron chi connectivity index (χ2n) is 4.47. The fourth-order valence-corrected chi connectivity index (χ4v) is 3.04. The number of halogens is 1. The number of hydrogen-bond acceptors (Lipinski definition) is 3. The SMILES string of the molecule is Cc1cccc(-c2cn3c(C)c(C(=O)O)sc3n2)c1.Cl. The molecule has 0 unspecified atom stereocenters. The Hall–Kier alpha value is -1.85. The van der Waals surface area contributed by atoms with E-state index in [1.54, 1.807) is 6.92 Å². The number of hydrogen-bond donors (Lipinski definition) is 1. The van der Waals surface area contributed by atoms with Crippen molar-refractivity contribution in [3.8, 4) is 11.3 Å². The Morgan fingerprint density at radius 3 is 2.70 bits per heavy atom. The van der Waals surface area contributed by atoms with Crippen molar-refractivity contribution in [3.63, 3.8) is 0 Å². The quantitative estimate of drug-likeness (QED) is 0.783. The van der Waals surface area contributed by atoms with E-state index < -0.39 is 5.97 Å². The second-order valence-corrected chi connectivity index (χ2v) is 5.45. The number of carboxylic acids is 1. The van der Waals surface area contributed by atoms with E-state index >= 15 is 0 Å². The highest BCUT2D eigenvalue weighted by Gasteiger charge is 2.16. The Labute approximate surface area is 126 Å². The summed E-state index contributed by atoms with van der Waals surface area (Å²) in [6.07, 6.45) is 1.89. The van der Waals surface area contributed by atoms with Crippen LogP contribution in [-0.2, 0) is 0 Å². The highest BCUT2D eigenvalue weighted by molar-refractivity contribution is 7.19. The third kappa shape index (κ3) is 2.30. The second kappa shape index (κ2) is 5.26.